The number of nitrogens with zero attached hydrogens (tertiary/aromatic N) is 1. The minimum absolute atomic E-state index is 0. The molecule has 0 aliphatic rings. The fourth-order valence-electron chi connectivity index (χ4n) is 1.63. The van der Waals surface area contributed by atoms with Crippen LogP contribution in [0.2, 0.25) is 0 Å². The van der Waals surface area contributed by atoms with Crippen LogP contribution in [0.5, 0.6) is 0 Å². The maximum Gasteiger partial charge on any atom is 0.126 e. The zero-order valence-electron chi connectivity index (χ0n) is 9.05. The normalized spacial score (nSPS) is 10.4. The van der Waals surface area contributed by atoms with Gasteiger partial charge in [-0.1, -0.05) is 5.56 Å². The average Bonchev–Trinajstić information content (AvgIpc) is 2.22. The standard InChI is InChI=1S/C12H10BrFNO.Rh/c1-6-3-8-7(2)9(5-16)12(13)15-11(8)4-10(6)14;/h3-4,16H,2,5H2,1H3;/q-1;. The first-order valence-corrected chi connectivity index (χ1v) is 5.55. The van der Waals surface area contributed by atoms with Crippen molar-refractivity contribution in [3.05, 3.63) is 46.2 Å². The zero-order valence-corrected chi connectivity index (χ0v) is 12.3. The van der Waals surface area contributed by atoms with Crippen LogP contribution in [0.4, 0.5) is 4.39 Å². The van der Waals surface area contributed by atoms with Crippen molar-refractivity contribution in [1.29, 1.82) is 0 Å². The quantitative estimate of drug-likeness (QED) is 0.464. The molecule has 0 fully saturated rings. The third-order valence-electron chi connectivity index (χ3n) is 2.59. The topological polar surface area (TPSA) is 33.1 Å². The van der Waals surface area contributed by atoms with E-state index >= 15 is 0 Å². The fraction of sp³-hybridized carbons (Fsp3) is 0.167. The number of hydrogen-bond acceptors (Lipinski definition) is 2. The number of benzene rings is 1. The summed E-state index contributed by atoms with van der Waals surface area (Å²) in [7, 11) is 0. The number of aliphatic hydroxyl groups excluding tert-OH is 1. The fourth-order valence-corrected chi connectivity index (χ4v) is 2.18. The van der Waals surface area contributed by atoms with E-state index in [1.165, 1.54) is 6.07 Å². The van der Waals surface area contributed by atoms with E-state index in [1.807, 2.05) is 0 Å². The van der Waals surface area contributed by atoms with E-state index in [-0.39, 0.29) is 31.9 Å². The molecular formula is C12H10BrFNORh-. The summed E-state index contributed by atoms with van der Waals surface area (Å²) in [6, 6.07) is 3.08. The van der Waals surface area contributed by atoms with E-state index in [4.69, 9.17) is 0 Å². The summed E-state index contributed by atoms with van der Waals surface area (Å²) in [6.07, 6.45) is 0. The first-order valence-electron chi connectivity index (χ1n) is 4.75. The van der Waals surface area contributed by atoms with Crippen LogP contribution in [0, 0.1) is 19.7 Å². The molecule has 0 saturated carbocycles. The summed E-state index contributed by atoms with van der Waals surface area (Å²) in [5, 5.41) is 9.97. The van der Waals surface area contributed by atoms with Crippen LogP contribution in [0.25, 0.3) is 10.9 Å². The van der Waals surface area contributed by atoms with E-state index in [0.717, 1.165) is 5.39 Å². The smallest absolute Gasteiger partial charge is 0.126 e. The Hall–Kier alpha value is -0.507. The third kappa shape index (κ3) is 2.51. The van der Waals surface area contributed by atoms with E-state index in [1.54, 1.807) is 13.0 Å². The predicted molar refractivity (Wildman–Crippen MR) is 64.5 cm³/mol. The number of rotatable bonds is 1. The number of hydrogen-bond donors (Lipinski definition) is 1. The van der Waals surface area contributed by atoms with Gasteiger partial charge in [-0.15, -0.1) is 11.5 Å². The number of aliphatic hydroxyl groups is 1. The molecule has 1 heterocycles. The van der Waals surface area contributed by atoms with Gasteiger partial charge in [0.1, 0.15) is 5.82 Å². The molecule has 1 aromatic carbocycles. The summed E-state index contributed by atoms with van der Waals surface area (Å²) in [5.41, 5.74) is 2.41. The van der Waals surface area contributed by atoms with Crippen molar-refractivity contribution in [2.24, 2.45) is 0 Å². The third-order valence-corrected chi connectivity index (χ3v) is 3.25. The Morgan fingerprint density at radius 3 is 2.71 bits per heavy atom. The molecule has 0 unspecified atom stereocenters. The number of aromatic nitrogens is 1. The van der Waals surface area contributed by atoms with Gasteiger partial charge in [-0.05, 0) is 34.5 Å². The maximum absolute atomic E-state index is 13.4. The Labute approximate surface area is 120 Å². The van der Waals surface area contributed by atoms with Gasteiger partial charge in [0.2, 0.25) is 0 Å². The second-order valence-electron chi connectivity index (χ2n) is 3.64. The van der Waals surface area contributed by atoms with Crippen molar-refractivity contribution < 1.29 is 29.0 Å². The van der Waals surface area contributed by atoms with Gasteiger partial charge in [0.15, 0.2) is 0 Å². The van der Waals surface area contributed by atoms with E-state index in [2.05, 4.69) is 27.8 Å². The summed E-state index contributed by atoms with van der Waals surface area (Å²) in [6.45, 7) is 5.45. The molecule has 0 aliphatic carbocycles. The van der Waals surface area contributed by atoms with Crippen LogP contribution in [-0.4, -0.2) is 10.1 Å². The molecule has 0 aliphatic heterocycles. The molecule has 0 atom stereocenters. The number of fused-ring (bicyclic) bond motifs is 1. The second-order valence-corrected chi connectivity index (χ2v) is 4.39. The summed E-state index contributed by atoms with van der Waals surface area (Å²) < 4.78 is 13.9. The Morgan fingerprint density at radius 1 is 1.47 bits per heavy atom. The predicted octanol–water partition coefficient (Wildman–Crippen LogP) is 3.12. The summed E-state index contributed by atoms with van der Waals surface area (Å²) >= 11 is 3.24. The van der Waals surface area contributed by atoms with Gasteiger partial charge in [0, 0.05) is 31.6 Å². The van der Waals surface area contributed by atoms with Crippen molar-refractivity contribution in [1.82, 2.24) is 4.98 Å². The van der Waals surface area contributed by atoms with Crippen LogP contribution in [0.1, 0.15) is 16.7 Å². The van der Waals surface area contributed by atoms with Gasteiger partial charge in [-0.3, -0.25) is 4.98 Å². The molecule has 93 valence electrons. The molecule has 1 aromatic heterocycles. The molecule has 0 saturated heterocycles. The molecule has 2 aromatic rings. The van der Waals surface area contributed by atoms with Gasteiger partial charge >= 0.3 is 0 Å². The van der Waals surface area contributed by atoms with Gasteiger partial charge < -0.3 is 5.11 Å². The van der Waals surface area contributed by atoms with E-state index < -0.39 is 0 Å². The number of halogens is 2. The SMILES string of the molecule is [CH2-]c1c(CO)c(Br)nc2cc(F)c(C)cc12.[Rh]. The van der Waals surface area contributed by atoms with Crippen LogP contribution in [0.15, 0.2) is 16.7 Å². The average molecular weight is 386 g/mol. The van der Waals surface area contributed by atoms with Crippen LogP contribution >= 0.6 is 15.9 Å². The van der Waals surface area contributed by atoms with Crippen LogP contribution in [-0.2, 0) is 26.1 Å². The van der Waals surface area contributed by atoms with Crippen LogP contribution < -0.4 is 0 Å². The Kier molecular flexibility index (Phi) is 4.64. The second kappa shape index (κ2) is 5.42. The Morgan fingerprint density at radius 2 is 2.12 bits per heavy atom. The van der Waals surface area contributed by atoms with Gasteiger partial charge in [-0.25, -0.2) is 4.39 Å². The molecule has 5 heteroatoms. The Balaban J connectivity index is 0.00000144. The number of aryl methyl sites for hydroxylation is 1. The van der Waals surface area contributed by atoms with Crippen molar-refractivity contribution in [2.45, 2.75) is 13.5 Å². The van der Waals surface area contributed by atoms with Crippen molar-refractivity contribution >= 4 is 26.8 Å². The zero-order chi connectivity index (χ0) is 11.9. The van der Waals surface area contributed by atoms with Crippen molar-refractivity contribution in [3.63, 3.8) is 0 Å². The Bertz CT molecular complexity index is 574. The minimum atomic E-state index is -0.289. The molecule has 0 amide bonds. The maximum atomic E-state index is 13.4. The van der Waals surface area contributed by atoms with Crippen LogP contribution in [0.3, 0.4) is 0 Å². The molecule has 0 bridgehead atoms. The first kappa shape index (κ1) is 14.6. The van der Waals surface area contributed by atoms with E-state index in [9.17, 15) is 9.50 Å². The molecule has 2 rings (SSSR count). The van der Waals surface area contributed by atoms with Crippen molar-refractivity contribution in [2.75, 3.05) is 0 Å². The van der Waals surface area contributed by atoms with E-state index in [0.29, 0.717) is 26.8 Å². The van der Waals surface area contributed by atoms with Gasteiger partial charge in [0.05, 0.1) is 4.60 Å². The van der Waals surface area contributed by atoms with Crippen molar-refractivity contribution in [3.8, 4) is 0 Å². The van der Waals surface area contributed by atoms with Gasteiger partial charge in [0.25, 0.3) is 0 Å². The largest absolute Gasteiger partial charge is 0.404 e. The molecule has 1 N–H and O–H groups in total. The minimum Gasteiger partial charge on any atom is -0.404 e. The first-order chi connectivity index (χ1) is 7.54. The molecule has 1 radical (unpaired) electrons. The molecule has 0 spiro atoms. The monoisotopic (exact) mass is 385 g/mol. The summed E-state index contributed by atoms with van der Waals surface area (Å²) in [5.74, 6) is -0.289. The molecule has 17 heavy (non-hydrogen) atoms. The van der Waals surface area contributed by atoms with Gasteiger partial charge in [-0.2, -0.15) is 12.5 Å². The molecular weight excluding hydrogens is 376 g/mol. The molecule has 2 nitrogen and oxygen atoms in total. The number of pyridine rings is 1. The summed E-state index contributed by atoms with van der Waals surface area (Å²) in [4.78, 5) is 4.19.